The number of hydrogen-bond acceptors (Lipinski definition) is 1. The average molecular weight is 378 g/mol. The summed E-state index contributed by atoms with van der Waals surface area (Å²) in [6.07, 6.45) is -17.7. The van der Waals surface area contributed by atoms with Crippen molar-refractivity contribution >= 4 is 0 Å². The third-order valence-electron chi connectivity index (χ3n) is 1.16. The van der Waals surface area contributed by atoms with E-state index in [1.807, 2.05) is 0 Å². The van der Waals surface area contributed by atoms with Crippen LogP contribution in [0, 0.1) is 0 Å². The summed E-state index contributed by atoms with van der Waals surface area (Å²) in [7, 11) is 0. The molecule has 136 valence electrons. The first-order valence-electron chi connectivity index (χ1n) is 4.30. The molecule has 0 aliphatic carbocycles. The van der Waals surface area contributed by atoms with Crippen molar-refractivity contribution in [1.29, 1.82) is 0 Å². The van der Waals surface area contributed by atoms with Crippen LogP contribution in [-0.4, -0.2) is 12.4 Å². The molecule has 0 fully saturated rings. The van der Waals surface area contributed by atoms with Crippen LogP contribution in [0.5, 0.6) is 0 Å². The minimum Gasteiger partial charge on any atom is -0.400 e. The van der Waals surface area contributed by atoms with Gasteiger partial charge in [-0.2, -0.15) is 61.5 Å². The first kappa shape index (κ1) is 23.3. The van der Waals surface area contributed by atoms with E-state index in [1.54, 1.807) is 0 Å². The van der Waals surface area contributed by atoms with Crippen LogP contribution in [-0.2, 0) is 4.74 Å². The Morgan fingerprint density at radius 3 is 0.826 bits per heavy atom. The van der Waals surface area contributed by atoms with E-state index in [9.17, 15) is 61.5 Å². The van der Waals surface area contributed by atoms with E-state index in [-0.39, 0.29) is 0 Å². The highest BCUT2D eigenvalue weighted by Crippen LogP contribution is 2.34. The second-order valence-electron chi connectivity index (χ2n) is 2.79. The monoisotopic (exact) mass is 378 g/mol. The number of rotatable bonds is 2. The minimum absolute atomic E-state index is 2.46. The molecule has 0 aromatic rings. The van der Waals surface area contributed by atoms with Crippen LogP contribution in [0.15, 0.2) is 35.8 Å². The number of halogens is 14. The van der Waals surface area contributed by atoms with E-state index in [2.05, 4.69) is 4.74 Å². The van der Waals surface area contributed by atoms with Crippen LogP contribution in [0.4, 0.5) is 61.5 Å². The fraction of sp³-hybridized carbons (Fsp3) is 0.250. The van der Waals surface area contributed by atoms with Crippen LogP contribution >= 0.6 is 0 Å². The molecule has 0 N–H and O–H groups in total. The van der Waals surface area contributed by atoms with Crippen molar-refractivity contribution < 1.29 is 66.2 Å². The van der Waals surface area contributed by atoms with Crippen molar-refractivity contribution in [3.63, 3.8) is 0 Å². The van der Waals surface area contributed by atoms with Gasteiger partial charge < -0.3 is 4.74 Å². The summed E-state index contributed by atoms with van der Waals surface area (Å²) in [6.45, 7) is 0. The van der Waals surface area contributed by atoms with Crippen molar-refractivity contribution in [1.82, 2.24) is 0 Å². The smallest absolute Gasteiger partial charge is 0.400 e. The lowest BCUT2D eigenvalue weighted by atomic mass is 10.5. The largest absolute Gasteiger partial charge is 0.449 e. The molecule has 0 saturated heterocycles. The quantitative estimate of drug-likeness (QED) is 0.403. The van der Waals surface area contributed by atoms with Crippen LogP contribution in [0.1, 0.15) is 0 Å². The average Bonchev–Trinajstić information content (AvgIpc) is 2.34. The second kappa shape index (κ2) is 8.61. The molecular weight excluding hydrogens is 378 g/mol. The normalized spacial score (nSPS) is 14.2. The Balaban J connectivity index is 0. The van der Waals surface area contributed by atoms with Gasteiger partial charge in [-0.05, 0) is 0 Å². The minimum atomic E-state index is -5.95. The molecule has 0 atom stereocenters. The van der Waals surface area contributed by atoms with Gasteiger partial charge in [0, 0.05) is 0 Å². The maximum absolute atomic E-state index is 12.0. The SMILES string of the molecule is FC(F)=C(F)F.FC(OC(F)=C(F)C(F)(F)F)=C(F)C(F)(F)F. The summed E-state index contributed by atoms with van der Waals surface area (Å²) in [5.74, 6) is -7.27. The highest BCUT2D eigenvalue weighted by atomic mass is 19.4. The van der Waals surface area contributed by atoms with Crippen molar-refractivity contribution in [2.24, 2.45) is 0 Å². The molecule has 0 unspecified atom stereocenters. The van der Waals surface area contributed by atoms with Crippen molar-refractivity contribution in [2.75, 3.05) is 0 Å². The molecular formula is C8F14O. The lowest BCUT2D eigenvalue weighted by molar-refractivity contribution is -0.121. The molecule has 15 heteroatoms. The molecule has 0 spiro atoms. The van der Waals surface area contributed by atoms with E-state index in [0.717, 1.165) is 0 Å². The molecule has 0 heterocycles. The van der Waals surface area contributed by atoms with E-state index in [0.29, 0.717) is 0 Å². The van der Waals surface area contributed by atoms with Gasteiger partial charge in [0.15, 0.2) is 0 Å². The van der Waals surface area contributed by atoms with Crippen LogP contribution in [0.2, 0.25) is 0 Å². The Labute approximate surface area is 116 Å². The third-order valence-corrected chi connectivity index (χ3v) is 1.16. The fourth-order valence-electron chi connectivity index (χ4n) is 0.391. The van der Waals surface area contributed by atoms with Gasteiger partial charge >= 0.3 is 36.5 Å². The Kier molecular flexibility index (Phi) is 8.73. The zero-order valence-electron chi connectivity index (χ0n) is 9.70. The molecule has 0 saturated carbocycles. The zero-order valence-corrected chi connectivity index (χ0v) is 9.70. The first-order valence-corrected chi connectivity index (χ1v) is 4.30. The van der Waals surface area contributed by atoms with Crippen molar-refractivity contribution in [3.8, 4) is 0 Å². The summed E-state index contributed by atoms with van der Waals surface area (Å²) in [5.41, 5.74) is 0. The van der Waals surface area contributed by atoms with Gasteiger partial charge in [0.05, 0.1) is 0 Å². The van der Waals surface area contributed by atoms with Gasteiger partial charge in [0.1, 0.15) is 0 Å². The van der Waals surface area contributed by atoms with Gasteiger partial charge in [0.2, 0.25) is 0 Å². The molecule has 1 nitrogen and oxygen atoms in total. The molecule has 0 bridgehead atoms. The van der Waals surface area contributed by atoms with Gasteiger partial charge in [-0.3, -0.25) is 0 Å². The topological polar surface area (TPSA) is 9.23 Å². The summed E-state index contributed by atoms with van der Waals surface area (Å²) in [4.78, 5) is 0. The van der Waals surface area contributed by atoms with Crippen molar-refractivity contribution in [2.45, 2.75) is 12.4 Å². The lowest BCUT2D eigenvalue weighted by Crippen LogP contribution is -2.13. The molecule has 23 heavy (non-hydrogen) atoms. The van der Waals surface area contributed by atoms with E-state index >= 15 is 0 Å². The molecule has 0 aliphatic heterocycles. The Morgan fingerprint density at radius 2 is 0.696 bits per heavy atom. The predicted octanol–water partition coefficient (Wildman–Crippen LogP) is 6.33. The summed E-state index contributed by atoms with van der Waals surface area (Å²) in [6, 6.07) is -6.76. The van der Waals surface area contributed by atoms with Gasteiger partial charge in [0.25, 0.3) is 11.7 Å². The molecule has 0 rings (SSSR count). The maximum Gasteiger partial charge on any atom is 0.449 e. The van der Waals surface area contributed by atoms with E-state index < -0.39 is 48.2 Å². The maximum atomic E-state index is 12.0. The van der Waals surface area contributed by atoms with Gasteiger partial charge in [-0.15, -0.1) is 0 Å². The Hall–Kier alpha value is -1.96. The predicted molar refractivity (Wildman–Crippen MR) is 43.1 cm³/mol. The highest BCUT2D eigenvalue weighted by Gasteiger charge is 2.42. The van der Waals surface area contributed by atoms with Crippen LogP contribution in [0.3, 0.4) is 0 Å². The molecule has 0 aromatic carbocycles. The lowest BCUT2D eigenvalue weighted by Gasteiger charge is -2.07. The number of hydrogen-bond donors (Lipinski definition) is 0. The highest BCUT2D eigenvalue weighted by molar-refractivity contribution is 5.06. The van der Waals surface area contributed by atoms with Gasteiger partial charge in [-0.25, -0.2) is 0 Å². The Morgan fingerprint density at radius 1 is 0.478 bits per heavy atom. The molecule has 0 amide bonds. The number of alkyl halides is 6. The fourth-order valence-corrected chi connectivity index (χ4v) is 0.391. The molecule has 0 aliphatic rings. The molecule has 0 aromatic heterocycles. The van der Waals surface area contributed by atoms with Crippen molar-refractivity contribution in [3.05, 3.63) is 35.8 Å². The van der Waals surface area contributed by atoms with Crippen LogP contribution in [0.25, 0.3) is 0 Å². The van der Waals surface area contributed by atoms with E-state index in [4.69, 9.17) is 0 Å². The summed E-state index contributed by atoms with van der Waals surface area (Å²) in [5, 5.41) is 0. The summed E-state index contributed by atoms with van der Waals surface area (Å²) >= 11 is 0. The number of allylic oxidation sites excluding steroid dienone is 2. The number of ether oxygens (including phenoxy) is 1. The summed E-state index contributed by atoms with van der Waals surface area (Å²) < 4.78 is 160. The third kappa shape index (κ3) is 9.62. The standard InChI is InChI=1S/C6F10O.C2F4/c7-1(5(11,12)13)3(9)17-4(10)2(8)6(14,15)16;3-1(4)2(5)6. The first-order chi connectivity index (χ1) is 10.0. The van der Waals surface area contributed by atoms with E-state index in [1.165, 1.54) is 0 Å². The second-order valence-corrected chi connectivity index (χ2v) is 2.79. The Bertz CT molecular complexity index is 440. The van der Waals surface area contributed by atoms with Crippen LogP contribution < -0.4 is 0 Å². The zero-order chi connectivity index (χ0) is 19.2. The van der Waals surface area contributed by atoms with Gasteiger partial charge in [-0.1, -0.05) is 0 Å². The molecule has 0 radical (unpaired) electrons.